The van der Waals surface area contributed by atoms with Crippen LogP contribution in [0.1, 0.15) is 20.8 Å². The summed E-state index contributed by atoms with van der Waals surface area (Å²) in [6.45, 7) is 8.85. The van der Waals surface area contributed by atoms with Crippen LogP contribution in [0.4, 0.5) is 5.69 Å². The summed E-state index contributed by atoms with van der Waals surface area (Å²) in [7, 11) is 2.19. The standard InChI is InChI=1S/C14H23BrN2/c1-11(2)12(3)17(4)9-8-16-14-7-5-6-13(15)10-14/h5-7,10-12,16H,8-9H2,1-4H3. The summed E-state index contributed by atoms with van der Waals surface area (Å²) in [5, 5.41) is 3.44. The number of rotatable bonds is 6. The molecule has 1 atom stereocenters. The zero-order chi connectivity index (χ0) is 12.8. The topological polar surface area (TPSA) is 15.3 Å². The fourth-order valence-electron chi connectivity index (χ4n) is 1.69. The van der Waals surface area contributed by atoms with Gasteiger partial charge in [-0.15, -0.1) is 0 Å². The molecule has 0 radical (unpaired) electrons. The average molecular weight is 299 g/mol. The van der Waals surface area contributed by atoms with Crippen LogP contribution >= 0.6 is 15.9 Å². The predicted octanol–water partition coefficient (Wildman–Crippen LogP) is 3.84. The molecule has 0 fully saturated rings. The smallest absolute Gasteiger partial charge is 0.0351 e. The number of nitrogens with one attached hydrogen (secondary N) is 1. The molecule has 0 aromatic heterocycles. The van der Waals surface area contributed by atoms with Gasteiger partial charge in [0.15, 0.2) is 0 Å². The zero-order valence-corrected chi connectivity index (χ0v) is 12.8. The summed E-state index contributed by atoms with van der Waals surface area (Å²) in [4.78, 5) is 2.40. The zero-order valence-electron chi connectivity index (χ0n) is 11.2. The van der Waals surface area contributed by atoms with Crippen molar-refractivity contribution in [3.63, 3.8) is 0 Å². The monoisotopic (exact) mass is 298 g/mol. The molecular weight excluding hydrogens is 276 g/mol. The average Bonchev–Trinajstić information content (AvgIpc) is 2.27. The Labute approximate surface area is 114 Å². The second kappa shape index (κ2) is 7.02. The Balaban J connectivity index is 2.33. The molecule has 0 heterocycles. The van der Waals surface area contributed by atoms with E-state index in [9.17, 15) is 0 Å². The van der Waals surface area contributed by atoms with Gasteiger partial charge in [-0.1, -0.05) is 35.8 Å². The minimum Gasteiger partial charge on any atom is -0.384 e. The third-order valence-corrected chi connectivity index (χ3v) is 3.77. The third kappa shape index (κ3) is 5.09. The van der Waals surface area contributed by atoms with E-state index in [1.165, 1.54) is 5.69 Å². The van der Waals surface area contributed by atoms with Gasteiger partial charge in [-0.05, 0) is 38.1 Å². The van der Waals surface area contributed by atoms with Gasteiger partial charge < -0.3 is 10.2 Å². The molecule has 0 aliphatic rings. The maximum atomic E-state index is 3.47. The van der Waals surface area contributed by atoms with Crippen LogP contribution in [-0.4, -0.2) is 31.1 Å². The van der Waals surface area contributed by atoms with E-state index in [0.717, 1.165) is 17.6 Å². The first-order valence-corrected chi connectivity index (χ1v) is 6.99. The van der Waals surface area contributed by atoms with Crippen LogP contribution in [0.2, 0.25) is 0 Å². The van der Waals surface area contributed by atoms with Crippen LogP contribution in [0.15, 0.2) is 28.7 Å². The van der Waals surface area contributed by atoms with E-state index in [2.05, 4.69) is 66.1 Å². The maximum Gasteiger partial charge on any atom is 0.0351 e. The Morgan fingerprint density at radius 2 is 2.00 bits per heavy atom. The lowest BCUT2D eigenvalue weighted by molar-refractivity contribution is 0.215. The van der Waals surface area contributed by atoms with Crippen LogP contribution in [0.3, 0.4) is 0 Å². The lowest BCUT2D eigenvalue weighted by Gasteiger charge is -2.27. The van der Waals surface area contributed by atoms with E-state index in [1.54, 1.807) is 0 Å². The van der Waals surface area contributed by atoms with Crippen molar-refractivity contribution >= 4 is 21.6 Å². The van der Waals surface area contributed by atoms with Crippen LogP contribution in [0.5, 0.6) is 0 Å². The fourth-order valence-corrected chi connectivity index (χ4v) is 2.09. The molecule has 17 heavy (non-hydrogen) atoms. The van der Waals surface area contributed by atoms with Crippen molar-refractivity contribution in [1.29, 1.82) is 0 Å². The molecule has 1 rings (SSSR count). The normalized spacial score (nSPS) is 13.1. The second-order valence-corrected chi connectivity index (χ2v) is 5.82. The van der Waals surface area contributed by atoms with Crippen LogP contribution in [0.25, 0.3) is 0 Å². The highest BCUT2D eigenvalue weighted by Gasteiger charge is 2.11. The SMILES string of the molecule is CC(C)C(C)N(C)CCNc1cccc(Br)c1. The number of hydrogen-bond acceptors (Lipinski definition) is 2. The molecule has 0 saturated heterocycles. The summed E-state index contributed by atoms with van der Waals surface area (Å²) in [5.41, 5.74) is 1.17. The molecule has 1 aromatic carbocycles. The number of hydrogen-bond donors (Lipinski definition) is 1. The molecular formula is C14H23BrN2. The Morgan fingerprint density at radius 1 is 1.29 bits per heavy atom. The van der Waals surface area contributed by atoms with E-state index < -0.39 is 0 Å². The van der Waals surface area contributed by atoms with Crippen molar-refractivity contribution in [2.45, 2.75) is 26.8 Å². The number of benzene rings is 1. The van der Waals surface area contributed by atoms with Crippen molar-refractivity contribution in [3.05, 3.63) is 28.7 Å². The third-order valence-electron chi connectivity index (χ3n) is 3.28. The van der Waals surface area contributed by atoms with E-state index in [-0.39, 0.29) is 0 Å². The van der Waals surface area contributed by atoms with Gasteiger partial charge in [0.25, 0.3) is 0 Å². The predicted molar refractivity (Wildman–Crippen MR) is 79.6 cm³/mol. The molecule has 0 amide bonds. The summed E-state index contributed by atoms with van der Waals surface area (Å²) in [6, 6.07) is 8.91. The second-order valence-electron chi connectivity index (χ2n) is 4.90. The summed E-state index contributed by atoms with van der Waals surface area (Å²) < 4.78 is 1.12. The summed E-state index contributed by atoms with van der Waals surface area (Å²) in [5.74, 6) is 0.700. The van der Waals surface area contributed by atoms with Gasteiger partial charge in [-0.2, -0.15) is 0 Å². The number of anilines is 1. The Kier molecular flexibility index (Phi) is 6.00. The number of likely N-dealkylation sites (N-methyl/N-ethyl adjacent to an activating group) is 1. The Morgan fingerprint density at radius 3 is 2.59 bits per heavy atom. The number of nitrogens with zero attached hydrogens (tertiary/aromatic N) is 1. The van der Waals surface area contributed by atoms with Crippen molar-refractivity contribution in [3.8, 4) is 0 Å². The molecule has 1 N–H and O–H groups in total. The van der Waals surface area contributed by atoms with Crippen LogP contribution < -0.4 is 5.32 Å². The van der Waals surface area contributed by atoms with Crippen LogP contribution in [0, 0.1) is 5.92 Å². The summed E-state index contributed by atoms with van der Waals surface area (Å²) >= 11 is 3.47. The highest BCUT2D eigenvalue weighted by Crippen LogP contribution is 2.15. The van der Waals surface area contributed by atoms with Gasteiger partial charge in [0.05, 0.1) is 0 Å². The number of halogens is 1. The van der Waals surface area contributed by atoms with Crippen molar-refractivity contribution in [2.75, 3.05) is 25.5 Å². The van der Waals surface area contributed by atoms with Gasteiger partial charge in [0.1, 0.15) is 0 Å². The molecule has 2 nitrogen and oxygen atoms in total. The molecule has 1 unspecified atom stereocenters. The fraction of sp³-hybridized carbons (Fsp3) is 0.571. The molecule has 0 bridgehead atoms. The highest BCUT2D eigenvalue weighted by molar-refractivity contribution is 9.10. The Hall–Kier alpha value is -0.540. The maximum absolute atomic E-state index is 3.47. The van der Waals surface area contributed by atoms with Crippen molar-refractivity contribution < 1.29 is 0 Å². The molecule has 0 spiro atoms. The van der Waals surface area contributed by atoms with Crippen molar-refractivity contribution in [2.24, 2.45) is 5.92 Å². The van der Waals surface area contributed by atoms with E-state index in [4.69, 9.17) is 0 Å². The minimum absolute atomic E-state index is 0.624. The van der Waals surface area contributed by atoms with Gasteiger partial charge in [0.2, 0.25) is 0 Å². The Bertz CT molecular complexity index is 339. The first-order chi connectivity index (χ1) is 8.00. The molecule has 0 aliphatic carbocycles. The van der Waals surface area contributed by atoms with Gasteiger partial charge in [-0.25, -0.2) is 0 Å². The van der Waals surface area contributed by atoms with E-state index in [0.29, 0.717) is 12.0 Å². The minimum atomic E-state index is 0.624. The van der Waals surface area contributed by atoms with Gasteiger partial charge in [0, 0.05) is 29.3 Å². The molecule has 1 aromatic rings. The van der Waals surface area contributed by atoms with E-state index >= 15 is 0 Å². The quantitative estimate of drug-likeness (QED) is 0.858. The molecule has 96 valence electrons. The largest absolute Gasteiger partial charge is 0.384 e. The molecule has 0 aliphatic heterocycles. The lowest BCUT2D eigenvalue weighted by atomic mass is 10.1. The van der Waals surface area contributed by atoms with E-state index in [1.807, 2.05) is 12.1 Å². The lowest BCUT2D eigenvalue weighted by Crippen LogP contribution is -2.36. The first-order valence-electron chi connectivity index (χ1n) is 6.20. The van der Waals surface area contributed by atoms with Gasteiger partial charge in [-0.3, -0.25) is 0 Å². The summed E-state index contributed by atoms with van der Waals surface area (Å²) in [6.07, 6.45) is 0. The van der Waals surface area contributed by atoms with Crippen molar-refractivity contribution in [1.82, 2.24) is 4.90 Å². The molecule has 0 saturated carbocycles. The van der Waals surface area contributed by atoms with Crippen LogP contribution in [-0.2, 0) is 0 Å². The highest BCUT2D eigenvalue weighted by atomic mass is 79.9. The first kappa shape index (κ1) is 14.5. The molecule has 3 heteroatoms. The van der Waals surface area contributed by atoms with Gasteiger partial charge >= 0.3 is 0 Å².